The van der Waals surface area contributed by atoms with E-state index in [2.05, 4.69) is 10.3 Å². The third-order valence-corrected chi connectivity index (χ3v) is 7.22. The first kappa shape index (κ1) is 20.3. The summed E-state index contributed by atoms with van der Waals surface area (Å²) in [4.78, 5) is 17.0. The van der Waals surface area contributed by atoms with Crippen LogP contribution in [0.25, 0.3) is 0 Å². The number of rotatable bonds is 6. The van der Waals surface area contributed by atoms with Crippen LogP contribution in [0, 0.1) is 6.92 Å². The molecule has 0 radical (unpaired) electrons. The molecular formula is C24H24N2O3S. The average molecular weight is 421 g/mol. The van der Waals surface area contributed by atoms with Gasteiger partial charge in [-0.2, -0.15) is 0 Å². The number of amides is 1. The minimum absolute atomic E-state index is 0.124. The Bertz CT molecular complexity index is 1190. The lowest BCUT2D eigenvalue weighted by molar-refractivity contribution is 0.0950. The van der Waals surface area contributed by atoms with Crippen molar-refractivity contribution in [1.29, 1.82) is 0 Å². The minimum Gasteiger partial charge on any atom is -0.348 e. The zero-order chi connectivity index (χ0) is 21.1. The molecule has 30 heavy (non-hydrogen) atoms. The van der Waals surface area contributed by atoms with Crippen molar-refractivity contribution in [3.8, 4) is 0 Å². The molecule has 0 unspecified atom stereocenters. The first-order valence-corrected chi connectivity index (χ1v) is 11.7. The minimum atomic E-state index is -3.50. The summed E-state index contributed by atoms with van der Waals surface area (Å²) in [5, 5.41) is 2.86. The highest BCUT2D eigenvalue weighted by Gasteiger charge is 2.20. The maximum Gasteiger partial charge on any atom is 0.251 e. The Hall–Kier alpha value is -2.99. The summed E-state index contributed by atoms with van der Waals surface area (Å²) in [7, 11) is -3.50. The fourth-order valence-electron chi connectivity index (χ4n) is 3.79. The van der Waals surface area contributed by atoms with Crippen molar-refractivity contribution in [2.45, 2.75) is 43.4 Å². The molecule has 154 valence electrons. The van der Waals surface area contributed by atoms with Crippen LogP contribution < -0.4 is 5.32 Å². The molecule has 1 aromatic heterocycles. The molecule has 0 aliphatic heterocycles. The zero-order valence-electron chi connectivity index (χ0n) is 16.9. The topological polar surface area (TPSA) is 76.1 Å². The molecule has 0 bridgehead atoms. The maximum absolute atomic E-state index is 13.0. The molecule has 1 heterocycles. The average Bonchev–Trinajstić information content (AvgIpc) is 3.22. The molecule has 4 rings (SSSR count). The number of nitrogens with zero attached hydrogens (tertiary/aromatic N) is 1. The number of hydrogen-bond donors (Lipinski definition) is 1. The highest BCUT2D eigenvalue weighted by atomic mass is 32.2. The number of nitrogens with one attached hydrogen (secondary N) is 1. The van der Waals surface area contributed by atoms with Gasteiger partial charge in [0.15, 0.2) is 9.84 Å². The summed E-state index contributed by atoms with van der Waals surface area (Å²) >= 11 is 0. The maximum atomic E-state index is 13.0. The van der Waals surface area contributed by atoms with Gasteiger partial charge >= 0.3 is 0 Å². The van der Waals surface area contributed by atoms with Gasteiger partial charge < -0.3 is 5.32 Å². The quantitative estimate of drug-likeness (QED) is 0.658. The highest BCUT2D eigenvalue weighted by Crippen LogP contribution is 2.27. The molecule has 1 N–H and O–H groups in total. The van der Waals surface area contributed by atoms with Gasteiger partial charge in [-0.15, -0.1) is 0 Å². The van der Waals surface area contributed by atoms with Crippen molar-refractivity contribution in [3.63, 3.8) is 0 Å². The molecule has 0 saturated heterocycles. The number of sulfone groups is 1. The monoisotopic (exact) mass is 420 g/mol. The van der Waals surface area contributed by atoms with Crippen molar-refractivity contribution in [3.05, 3.63) is 94.3 Å². The summed E-state index contributed by atoms with van der Waals surface area (Å²) in [6.45, 7) is 2.23. The smallest absolute Gasteiger partial charge is 0.251 e. The van der Waals surface area contributed by atoms with E-state index in [4.69, 9.17) is 0 Å². The molecule has 0 atom stereocenters. The number of aromatic nitrogens is 1. The predicted molar refractivity (Wildman–Crippen MR) is 116 cm³/mol. The molecule has 2 aromatic carbocycles. The zero-order valence-corrected chi connectivity index (χ0v) is 17.7. The van der Waals surface area contributed by atoms with Gasteiger partial charge in [0.1, 0.15) is 0 Å². The van der Waals surface area contributed by atoms with E-state index in [9.17, 15) is 13.2 Å². The molecule has 5 nitrogen and oxygen atoms in total. The van der Waals surface area contributed by atoms with Crippen LogP contribution >= 0.6 is 0 Å². The first-order valence-electron chi connectivity index (χ1n) is 10.0. The highest BCUT2D eigenvalue weighted by molar-refractivity contribution is 7.90. The lowest BCUT2D eigenvalue weighted by Gasteiger charge is -2.11. The van der Waals surface area contributed by atoms with Crippen LogP contribution in [0.15, 0.2) is 65.8 Å². The van der Waals surface area contributed by atoms with E-state index in [1.165, 1.54) is 5.56 Å². The van der Waals surface area contributed by atoms with Crippen LogP contribution in [-0.4, -0.2) is 19.3 Å². The normalized spacial score (nSPS) is 13.1. The van der Waals surface area contributed by atoms with Crippen LogP contribution in [0.5, 0.6) is 0 Å². The van der Waals surface area contributed by atoms with Crippen LogP contribution in [0.2, 0.25) is 0 Å². The lowest BCUT2D eigenvalue weighted by atomic mass is 10.1. The van der Waals surface area contributed by atoms with Crippen molar-refractivity contribution in [2.75, 3.05) is 0 Å². The molecular weight excluding hydrogens is 396 g/mol. The van der Waals surface area contributed by atoms with Crippen LogP contribution in [0.3, 0.4) is 0 Å². The van der Waals surface area contributed by atoms with E-state index in [0.717, 1.165) is 36.0 Å². The lowest BCUT2D eigenvalue weighted by Crippen LogP contribution is -2.23. The second kappa shape index (κ2) is 8.40. The summed E-state index contributed by atoms with van der Waals surface area (Å²) in [6.07, 6.45) is 6.41. The van der Waals surface area contributed by atoms with Crippen LogP contribution in [0.4, 0.5) is 0 Å². The Kier molecular flexibility index (Phi) is 5.68. The largest absolute Gasteiger partial charge is 0.348 e. The first-order chi connectivity index (χ1) is 14.4. The Morgan fingerprint density at radius 1 is 1.07 bits per heavy atom. The van der Waals surface area contributed by atoms with Gasteiger partial charge in [-0.3, -0.25) is 9.78 Å². The van der Waals surface area contributed by atoms with Gasteiger partial charge in [0.05, 0.1) is 10.6 Å². The van der Waals surface area contributed by atoms with Crippen LogP contribution in [-0.2, 0) is 35.0 Å². The molecule has 0 fully saturated rings. The SMILES string of the molecule is Cc1ccc(C(=O)NCc2cccnc2)cc1CS(=O)(=O)c1ccc2c(c1)CCC2. The Morgan fingerprint density at radius 3 is 2.70 bits per heavy atom. The van der Waals surface area contributed by atoms with Crippen LogP contribution in [0.1, 0.15) is 44.6 Å². The number of hydrogen-bond acceptors (Lipinski definition) is 4. The number of aryl methyl sites for hydroxylation is 3. The summed E-state index contributed by atoms with van der Waals surface area (Å²) in [5.74, 6) is -0.364. The fraction of sp³-hybridized carbons (Fsp3) is 0.250. The van der Waals surface area contributed by atoms with E-state index in [0.29, 0.717) is 22.6 Å². The van der Waals surface area contributed by atoms with Gasteiger partial charge in [0.2, 0.25) is 0 Å². The van der Waals surface area contributed by atoms with E-state index < -0.39 is 9.84 Å². The van der Waals surface area contributed by atoms with Gasteiger partial charge in [0, 0.05) is 24.5 Å². The Balaban J connectivity index is 1.52. The van der Waals surface area contributed by atoms with Gasteiger partial charge in [-0.25, -0.2) is 8.42 Å². The summed E-state index contributed by atoms with van der Waals surface area (Å²) in [6, 6.07) is 14.4. The molecule has 1 amide bonds. The Labute approximate surface area is 177 Å². The number of benzene rings is 2. The van der Waals surface area contributed by atoms with Crippen molar-refractivity contribution in [2.24, 2.45) is 0 Å². The van der Waals surface area contributed by atoms with Gasteiger partial charge in [-0.05, 0) is 84.3 Å². The number of carbonyl (C=O) groups is 1. The number of pyridine rings is 1. The second-order valence-corrected chi connectivity index (χ2v) is 9.72. The van der Waals surface area contributed by atoms with E-state index in [1.807, 2.05) is 31.2 Å². The van der Waals surface area contributed by atoms with Crippen molar-refractivity contribution >= 4 is 15.7 Å². The third-order valence-electron chi connectivity index (χ3n) is 5.56. The molecule has 0 spiro atoms. The number of carbonyl (C=O) groups excluding carboxylic acids is 1. The van der Waals surface area contributed by atoms with E-state index in [-0.39, 0.29) is 11.7 Å². The molecule has 1 aliphatic rings. The summed E-state index contributed by atoms with van der Waals surface area (Å²) in [5.41, 5.74) is 5.22. The second-order valence-electron chi connectivity index (χ2n) is 7.73. The van der Waals surface area contributed by atoms with E-state index in [1.54, 1.807) is 36.7 Å². The number of fused-ring (bicyclic) bond motifs is 1. The molecule has 3 aromatic rings. The van der Waals surface area contributed by atoms with Gasteiger partial charge in [0.25, 0.3) is 5.91 Å². The molecule has 0 saturated carbocycles. The Morgan fingerprint density at radius 2 is 1.90 bits per heavy atom. The van der Waals surface area contributed by atoms with Gasteiger partial charge in [-0.1, -0.05) is 18.2 Å². The standard InChI is InChI=1S/C24H24N2O3S/c1-17-7-8-21(24(27)26-15-18-4-3-11-25-14-18)12-22(17)16-30(28,29)23-10-9-19-5-2-6-20(19)13-23/h3-4,7-14H,2,5-6,15-16H2,1H3,(H,26,27). The molecule has 6 heteroatoms. The van der Waals surface area contributed by atoms with Crippen molar-refractivity contribution < 1.29 is 13.2 Å². The third kappa shape index (κ3) is 4.44. The van der Waals surface area contributed by atoms with Crippen molar-refractivity contribution in [1.82, 2.24) is 10.3 Å². The fourth-order valence-corrected chi connectivity index (χ4v) is 5.27. The predicted octanol–water partition coefficient (Wildman–Crippen LogP) is 3.78. The van der Waals surface area contributed by atoms with E-state index >= 15 is 0 Å². The summed E-state index contributed by atoms with van der Waals surface area (Å²) < 4.78 is 26.1. The molecule has 1 aliphatic carbocycles.